The van der Waals surface area contributed by atoms with Crippen LogP contribution in [0.1, 0.15) is 42.1 Å². The molecule has 3 aliphatic rings. The first-order chi connectivity index (χ1) is 15.8. The van der Waals surface area contributed by atoms with Gasteiger partial charge >= 0.3 is 5.97 Å². The molecule has 1 amide bonds. The monoisotopic (exact) mass is 464 g/mol. The van der Waals surface area contributed by atoms with Gasteiger partial charge in [-0.25, -0.2) is 12.4 Å². The van der Waals surface area contributed by atoms with Crippen molar-refractivity contribution in [1.82, 2.24) is 8.87 Å². The van der Waals surface area contributed by atoms with Crippen molar-refractivity contribution in [3.8, 4) is 0 Å². The normalized spacial score (nSPS) is 24.8. The van der Waals surface area contributed by atoms with E-state index in [1.165, 1.54) is 3.97 Å². The minimum absolute atomic E-state index is 0.0412. The molecule has 1 spiro atoms. The first-order valence-electron chi connectivity index (χ1n) is 11.3. The van der Waals surface area contributed by atoms with Crippen molar-refractivity contribution in [3.05, 3.63) is 65.4 Å². The lowest BCUT2D eigenvalue weighted by molar-refractivity contribution is -0.159. The van der Waals surface area contributed by atoms with Crippen LogP contribution in [0, 0.1) is 12.3 Å². The van der Waals surface area contributed by atoms with Crippen molar-refractivity contribution in [3.63, 3.8) is 0 Å². The Bertz CT molecular complexity index is 1420. The van der Waals surface area contributed by atoms with Gasteiger partial charge in [0.05, 0.1) is 34.2 Å². The molecule has 0 N–H and O–H groups in total. The molecular weight excluding hydrogens is 440 g/mol. The topological polar surface area (TPSA) is 85.7 Å². The zero-order valence-electron chi connectivity index (χ0n) is 18.3. The summed E-state index contributed by atoms with van der Waals surface area (Å²) in [6.07, 6.45) is 1.66. The van der Waals surface area contributed by atoms with Gasteiger partial charge in [-0.15, -0.1) is 0 Å². The number of amides is 1. The molecule has 0 aliphatic carbocycles. The van der Waals surface area contributed by atoms with Crippen molar-refractivity contribution in [2.75, 3.05) is 13.2 Å². The predicted molar refractivity (Wildman–Crippen MR) is 121 cm³/mol. The number of benzene rings is 2. The van der Waals surface area contributed by atoms with Gasteiger partial charge in [0.2, 0.25) is 5.91 Å². The van der Waals surface area contributed by atoms with Crippen LogP contribution in [-0.2, 0) is 30.8 Å². The first kappa shape index (κ1) is 20.5. The van der Waals surface area contributed by atoms with Crippen LogP contribution in [0.2, 0.25) is 0 Å². The molecule has 8 heteroatoms. The van der Waals surface area contributed by atoms with Gasteiger partial charge in [0.1, 0.15) is 0 Å². The van der Waals surface area contributed by atoms with Crippen LogP contribution in [0.4, 0.5) is 0 Å². The number of carbonyl (C=O) groups excluding carboxylic acids is 2. The highest BCUT2D eigenvalue weighted by atomic mass is 32.2. The number of nitrogens with zero attached hydrogens (tertiary/aromatic N) is 2. The minimum Gasteiger partial charge on any atom is -0.465 e. The Labute approximate surface area is 192 Å². The molecule has 0 unspecified atom stereocenters. The zero-order chi connectivity index (χ0) is 23.0. The van der Waals surface area contributed by atoms with Crippen LogP contribution >= 0.6 is 0 Å². The SMILES string of the molecule is Cc1ccc(S(=O)(=O)n2c3c(c4ccccc42)CCN2C(=O)CC[C@]4(CCOC4=O)[C@@H]32)cc1. The fourth-order valence-corrected chi connectivity index (χ4v) is 7.48. The summed E-state index contributed by atoms with van der Waals surface area (Å²) in [4.78, 5) is 28.0. The van der Waals surface area contributed by atoms with Gasteiger partial charge in [-0.2, -0.15) is 0 Å². The number of aryl methyl sites for hydroxylation is 1. The van der Waals surface area contributed by atoms with Crippen LogP contribution in [0.3, 0.4) is 0 Å². The lowest BCUT2D eigenvalue weighted by Crippen LogP contribution is -2.54. The number of para-hydroxylation sites is 1. The van der Waals surface area contributed by atoms with E-state index in [0.29, 0.717) is 37.0 Å². The Morgan fingerprint density at radius 3 is 2.48 bits per heavy atom. The highest BCUT2D eigenvalue weighted by Gasteiger charge is 2.59. The predicted octanol–water partition coefficient (Wildman–Crippen LogP) is 3.34. The number of cyclic esters (lactones) is 1. The van der Waals surface area contributed by atoms with E-state index in [-0.39, 0.29) is 29.8 Å². The van der Waals surface area contributed by atoms with Gasteiger partial charge in [0, 0.05) is 24.8 Å². The summed E-state index contributed by atoms with van der Waals surface area (Å²) >= 11 is 0. The first-order valence-corrected chi connectivity index (χ1v) is 12.7. The Morgan fingerprint density at radius 2 is 1.76 bits per heavy atom. The highest BCUT2D eigenvalue weighted by molar-refractivity contribution is 7.90. The van der Waals surface area contributed by atoms with Crippen LogP contribution in [0.15, 0.2) is 53.4 Å². The third-order valence-electron chi connectivity index (χ3n) is 7.53. The quantitative estimate of drug-likeness (QED) is 0.543. The second kappa shape index (κ2) is 6.93. The summed E-state index contributed by atoms with van der Waals surface area (Å²) in [5.41, 5.74) is 2.05. The molecule has 2 saturated heterocycles. The zero-order valence-corrected chi connectivity index (χ0v) is 19.1. The maximum atomic E-state index is 14.1. The van der Waals surface area contributed by atoms with Crippen LogP contribution in [-0.4, -0.2) is 42.3 Å². The Hall–Kier alpha value is -3.13. The molecule has 2 aromatic carbocycles. The van der Waals surface area contributed by atoms with Gasteiger partial charge in [-0.1, -0.05) is 35.9 Å². The molecule has 6 rings (SSSR count). The van der Waals surface area contributed by atoms with E-state index in [0.717, 1.165) is 16.5 Å². The fraction of sp³-hybridized carbons (Fsp3) is 0.360. The Balaban J connectivity index is 1.69. The van der Waals surface area contributed by atoms with Gasteiger partial charge < -0.3 is 9.64 Å². The average Bonchev–Trinajstić information content (AvgIpc) is 3.35. The number of esters is 1. The number of hydrogen-bond donors (Lipinski definition) is 0. The lowest BCUT2D eigenvalue weighted by Gasteiger charge is -2.48. The van der Waals surface area contributed by atoms with Crippen molar-refractivity contribution < 1.29 is 22.7 Å². The highest BCUT2D eigenvalue weighted by Crippen LogP contribution is 2.55. The molecular formula is C25H24N2O5S. The summed E-state index contributed by atoms with van der Waals surface area (Å²) in [5.74, 6) is -0.372. The number of piperidine rings is 1. The molecule has 0 bridgehead atoms. The van der Waals surface area contributed by atoms with E-state index in [1.54, 1.807) is 35.2 Å². The Kier molecular flexibility index (Phi) is 4.30. The molecule has 170 valence electrons. The minimum atomic E-state index is -3.99. The molecule has 0 radical (unpaired) electrons. The smallest absolute Gasteiger partial charge is 0.314 e. The van der Waals surface area contributed by atoms with E-state index in [2.05, 4.69) is 0 Å². The molecule has 4 heterocycles. The molecule has 2 atom stereocenters. The summed E-state index contributed by atoms with van der Waals surface area (Å²) in [5, 5.41) is 0.849. The molecule has 7 nitrogen and oxygen atoms in total. The van der Waals surface area contributed by atoms with Crippen molar-refractivity contribution >= 4 is 32.8 Å². The molecule has 0 saturated carbocycles. The number of aromatic nitrogens is 1. The lowest BCUT2D eigenvalue weighted by atomic mass is 9.68. The number of ether oxygens (including phenoxy) is 1. The number of carbonyl (C=O) groups is 2. The van der Waals surface area contributed by atoms with Gasteiger partial charge in [0.15, 0.2) is 0 Å². The van der Waals surface area contributed by atoms with E-state index in [1.807, 2.05) is 25.1 Å². The number of hydrogen-bond acceptors (Lipinski definition) is 5. The van der Waals surface area contributed by atoms with Gasteiger partial charge in [-0.05, 0) is 43.5 Å². The summed E-state index contributed by atoms with van der Waals surface area (Å²) in [6.45, 7) is 2.66. The Morgan fingerprint density at radius 1 is 1.00 bits per heavy atom. The van der Waals surface area contributed by atoms with Gasteiger partial charge in [-0.3, -0.25) is 9.59 Å². The largest absolute Gasteiger partial charge is 0.465 e. The van der Waals surface area contributed by atoms with Crippen LogP contribution in [0.25, 0.3) is 10.9 Å². The number of rotatable bonds is 2. The summed E-state index contributed by atoms with van der Waals surface area (Å²) in [6, 6.07) is 13.5. The fourth-order valence-electron chi connectivity index (χ4n) is 5.90. The second-order valence-corrected chi connectivity index (χ2v) is 11.0. The third-order valence-corrected chi connectivity index (χ3v) is 9.27. The van der Waals surface area contributed by atoms with E-state index >= 15 is 0 Å². The van der Waals surface area contributed by atoms with Crippen LogP contribution in [0.5, 0.6) is 0 Å². The van der Waals surface area contributed by atoms with Crippen molar-refractivity contribution in [1.29, 1.82) is 0 Å². The van der Waals surface area contributed by atoms with E-state index < -0.39 is 21.5 Å². The molecule has 3 aliphatic heterocycles. The standard InChI is InChI=1S/C25H24N2O5S/c1-16-6-8-17(9-7-16)33(30,31)27-20-5-3-2-4-18(20)19-11-14-26-21(28)10-12-25(23(26)22(19)27)13-15-32-24(25)29/h2-9,23H,10-15H2,1H3/t23-,25+/m1/s1. The van der Waals surface area contributed by atoms with Gasteiger partial charge in [0.25, 0.3) is 10.0 Å². The molecule has 2 fully saturated rings. The summed E-state index contributed by atoms with van der Waals surface area (Å²) < 4.78 is 35.0. The van der Waals surface area contributed by atoms with Crippen LogP contribution < -0.4 is 0 Å². The van der Waals surface area contributed by atoms with E-state index in [4.69, 9.17) is 4.74 Å². The van der Waals surface area contributed by atoms with E-state index in [9.17, 15) is 18.0 Å². The molecule has 33 heavy (non-hydrogen) atoms. The molecule has 1 aromatic heterocycles. The second-order valence-electron chi connectivity index (χ2n) is 9.25. The van der Waals surface area contributed by atoms with Crippen molar-refractivity contribution in [2.45, 2.75) is 43.5 Å². The maximum absolute atomic E-state index is 14.1. The average molecular weight is 465 g/mol. The van der Waals surface area contributed by atoms with Crippen molar-refractivity contribution in [2.24, 2.45) is 5.41 Å². The summed E-state index contributed by atoms with van der Waals surface area (Å²) in [7, 11) is -3.99. The molecule has 3 aromatic rings. The maximum Gasteiger partial charge on any atom is 0.314 e. The number of fused-ring (bicyclic) bond motifs is 6. The third kappa shape index (κ3) is 2.70.